The Bertz CT molecular complexity index is 924. The van der Waals surface area contributed by atoms with Crippen LogP contribution in [0.15, 0.2) is 65.6 Å². The SMILES string of the molecule is C[C@@H](O)[C@H](NC(=O)OCc1ccccc1)C(=O)N[C@H](CC[S@](=O)c1ccccc1)C(N)=O. The maximum Gasteiger partial charge on any atom is 0.408 e. The maximum absolute atomic E-state index is 12.6. The Balaban J connectivity index is 1.92. The lowest BCUT2D eigenvalue weighted by Crippen LogP contribution is -2.56. The van der Waals surface area contributed by atoms with Crippen molar-refractivity contribution in [2.75, 3.05) is 5.75 Å². The number of carbonyl (C=O) groups is 3. The topological polar surface area (TPSA) is 148 Å². The van der Waals surface area contributed by atoms with Crippen LogP contribution in [0.3, 0.4) is 0 Å². The molecule has 10 heteroatoms. The number of aliphatic hydroxyl groups excluding tert-OH is 1. The monoisotopic (exact) mass is 461 g/mol. The fourth-order valence-corrected chi connectivity index (χ4v) is 3.91. The van der Waals surface area contributed by atoms with Gasteiger partial charge < -0.3 is 26.2 Å². The average molecular weight is 462 g/mol. The molecule has 3 amide bonds. The van der Waals surface area contributed by atoms with Crippen LogP contribution < -0.4 is 16.4 Å². The van der Waals surface area contributed by atoms with Gasteiger partial charge in [-0.2, -0.15) is 0 Å². The standard InChI is InChI=1S/C22H27N3O6S/c1-15(26)19(25-22(29)31-14-16-8-4-2-5-9-16)21(28)24-18(20(23)27)12-13-32(30)17-10-6-3-7-11-17/h2-11,15,18-19,26H,12-14H2,1H3,(H2,23,27)(H,24,28)(H,25,29)/t15-,18-,19+,32+/m1/s1. The molecular weight excluding hydrogens is 434 g/mol. The minimum atomic E-state index is -1.38. The third-order valence-corrected chi connectivity index (χ3v) is 5.91. The Morgan fingerprint density at radius 2 is 1.62 bits per heavy atom. The predicted molar refractivity (Wildman–Crippen MR) is 119 cm³/mol. The van der Waals surface area contributed by atoms with Gasteiger partial charge in [0, 0.05) is 10.6 Å². The van der Waals surface area contributed by atoms with Crippen molar-refractivity contribution < 1.29 is 28.4 Å². The summed E-state index contributed by atoms with van der Waals surface area (Å²) in [5.74, 6) is -1.55. The summed E-state index contributed by atoms with van der Waals surface area (Å²) in [6.07, 6.45) is -2.16. The van der Waals surface area contributed by atoms with Crippen molar-refractivity contribution in [3.63, 3.8) is 0 Å². The van der Waals surface area contributed by atoms with E-state index in [2.05, 4.69) is 10.6 Å². The fourth-order valence-electron chi connectivity index (χ4n) is 2.76. The second kappa shape index (κ2) is 12.6. The minimum Gasteiger partial charge on any atom is -0.445 e. The number of amides is 3. The number of benzene rings is 2. The van der Waals surface area contributed by atoms with Crippen molar-refractivity contribution in [3.05, 3.63) is 66.2 Å². The van der Waals surface area contributed by atoms with Gasteiger partial charge in [-0.15, -0.1) is 0 Å². The predicted octanol–water partition coefficient (Wildman–Crippen LogP) is 0.830. The highest BCUT2D eigenvalue weighted by Crippen LogP contribution is 2.08. The molecule has 0 aliphatic rings. The Morgan fingerprint density at radius 3 is 2.19 bits per heavy atom. The first-order valence-electron chi connectivity index (χ1n) is 9.96. The Hall–Kier alpha value is -3.24. The molecule has 172 valence electrons. The zero-order chi connectivity index (χ0) is 23.5. The van der Waals surface area contributed by atoms with Crippen LogP contribution in [-0.2, 0) is 31.7 Å². The maximum atomic E-state index is 12.6. The number of nitrogens with two attached hydrogens (primary N) is 1. The van der Waals surface area contributed by atoms with E-state index < -0.39 is 46.9 Å². The molecular formula is C22H27N3O6S. The van der Waals surface area contributed by atoms with Crippen LogP contribution in [0.4, 0.5) is 4.79 Å². The van der Waals surface area contributed by atoms with Gasteiger partial charge in [0.2, 0.25) is 11.8 Å². The molecule has 0 radical (unpaired) electrons. The van der Waals surface area contributed by atoms with E-state index in [9.17, 15) is 23.7 Å². The third kappa shape index (κ3) is 8.12. The third-order valence-electron chi connectivity index (χ3n) is 4.51. The normalized spacial score (nSPS) is 14.4. The first kappa shape index (κ1) is 25.0. The molecule has 2 rings (SSSR count). The molecule has 0 aliphatic heterocycles. The van der Waals surface area contributed by atoms with Crippen molar-refractivity contribution in [3.8, 4) is 0 Å². The lowest BCUT2D eigenvalue weighted by atomic mass is 10.1. The van der Waals surface area contributed by atoms with Crippen LogP contribution in [0.25, 0.3) is 0 Å². The molecule has 0 spiro atoms. The number of hydrogen-bond donors (Lipinski definition) is 4. The zero-order valence-electron chi connectivity index (χ0n) is 17.6. The van der Waals surface area contributed by atoms with Crippen LogP contribution in [0, 0.1) is 0 Å². The number of primary amides is 1. The summed E-state index contributed by atoms with van der Waals surface area (Å²) in [6, 6.07) is 15.1. The summed E-state index contributed by atoms with van der Waals surface area (Å²) < 4.78 is 17.4. The number of carbonyl (C=O) groups excluding carboxylic acids is 3. The summed E-state index contributed by atoms with van der Waals surface area (Å²) in [4.78, 5) is 37.1. The van der Waals surface area contributed by atoms with E-state index in [1.807, 2.05) is 6.07 Å². The van der Waals surface area contributed by atoms with E-state index in [1.165, 1.54) is 6.92 Å². The smallest absolute Gasteiger partial charge is 0.408 e. The molecule has 2 aromatic carbocycles. The van der Waals surface area contributed by atoms with Crippen LogP contribution in [0.1, 0.15) is 18.9 Å². The van der Waals surface area contributed by atoms with Crippen molar-refractivity contribution in [1.29, 1.82) is 0 Å². The number of alkyl carbamates (subject to hydrolysis) is 1. The molecule has 0 aliphatic carbocycles. The van der Waals surface area contributed by atoms with E-state index in [4.69, 9.17) is 10.5 Å². The highest BCUT2D eigenvalue weighted by Gasteiger charge is 2.29. The molecule has 0 saturated heterocycles. The molecule has 0 fully saturated rings. The molecule has 0 bridgehead atoms. The van der Waals surface area contributed by atoms with Gasteiger partial charge in [-0.3, -0.25) is 13.8 Å². The fraction of sp³-hybridized carbons (Fsp3) is 0.318. The summed E-state index contributed by atoms with van der Waals surface area (Å²) in [5.41, 5.74) is 6.12. The highest BCUT2D eigenvalue weighted by atomic mass is 32.2. The van der Waals surface area contributed by atoms with Crippen LogP contribution >= 0.6 is 0 Å². The molecule has 32 heavy (non-hydrogen) atoms. The molecule has 9 nitrogen and oxygen atoms in total. The number of nitrogens with one attached hydrogen (secondary N) is 2. The van der Waals surface area contributed by atoms with Gasteiger partial charge in [0.1, 0.15) is 18.7 Å². The van der Waals surface area contributed by atoms with Gasteiger partial charge >= 0.3 is 6.09 Å². The molecule has 4 atom stereocenters. The molecule has 0 aromatic heterocycles. The first-order chi connectivity index (χ1) is 15.3. The number of hydrogen-bond acceptors (Lipinski definition) is 6. The van der Waals surface area contributed by atoms with Crippen molar-refractivity contribution >= 4 is 28.7 Å². The summed E-state index contributed by atoms with van der Waals surface area (Å²) >= 11 is 0. The summed E-state index contributed by atoms with van der Waals surface area (Å²) in [5, 5.41) is 14.6. The zero-order valence-corrected chi connectivity index (χ0v) is 18.4. The van der Waals surface area contributed by atoms with Gasteiger partial charge in [0.05, 0.1) is 16.9 Å². The van der Waals surface area contributed by atoms with E-state index in [0.717, 1.165) is 5.56 Å². The van der Waals surface area contributed by atoms with E-state index in [0.29, 0.717) is 4.90 Å². The van der Waals surface area contributed by atoms with E-state index >= 15 is 0 Å². The number of rotatable bonds is 11. The van der Waals surface area contributed by atoms with E-state index in [-0.39, 0.29) is 18.8 Å². The van der Waals surface area contributed by atoms with Crippen molar-refractivity contribution in [2.45, 2.75) is 43.0 Å². The minimum absolute atomic E-state index is 0.0178. The van der Waals surface area contributed by atoms with Gasteiger partial charge in [-0.05, 0) is 31.0 Å². The molecule has 2 aromatic rings. The molecule has 0 heterocycles. The second-order valence-electron chi connectivity index (χ2n) is 7.04. The lowest BCUT2D eigenvalue weighted by molar-refractivity contribution is -0.130. The van der Waals surface area contributed by atoms with E-state index in [1.54, 1.807) is 54.6 Å². The summed E-state index contributed by atoms with van der Waals surface area (Å²) in [7, 11) is -1.38. The second-order valence-corrected chi connectivity index (χ2v) is 8.61. The van der Waals surface area contributed by atoms with Crippen molar-refractivity contribution in [2.24, 2.45) is 5.73 Å². The van der Waals surface area contributed by atoms with Gasteiger partial charge in [-0.1, -0.05) is 48.5 Å². The number of ether oxygens (including phenoxy) is 1. The highest BCUT2D eigenvalue weighted by molar-refractivity contribution is 7.85. The molecule has 5 N–H and O–H groups in total. The van der Waals surface area contributed by atoms with Gasteiger partial charge in [0.25, 0.3) is 0 Å². The Kier molecular flexibility index (Phi) is 9.83. The molecule has 0 saturated carbocycles. The van der Waals surface area contributed by atoms with Crippen LogP contribution in [-0.4, -0.2) is 51.2 Å². The largest absolute Gasteiger partial charge is 0.445 e. The Labute approximate surface area is 188 Å². The molecule has 0 unspecified atom stereocenters. The number of aliphatic hydroxyl groups is 1. The first-order valence-corrected chi connectivity index (χ1v) is 11.3. The average Bonchev–Trinajstić information content (AvgIpc) is 2.79. The quantitative estimate of drug-likeness (QED) is 0.390. The van der Waals surface area contributed by atoms with Crippen molar-refractivity contribution in [1.82, 2.24) is 10.6 Å². The van der Waals surface area contributed by atoms with Crippen LogP contribution in [0.5, 0.6) is 0 Å². The lowest BCUT2D eigenvalue weighted by Gasteiger charge is -2.23. The summed E-state index contributed by atoms with van der Waals surface area (Å²) in [6.45, 7) is 1.29. The van der Waals surface area contributed by atoms with Gasteiger partial charge in [0.15, 0.2) is 0 Å². The van der Waals surface area contributed by atoms with Crippen LogP contribution in [0.2, 0.25) is 0 Å². The Morgan fingerprint density at radius 1 is 1.03 bits per heavy atom. The van der Waals surface area contributed by atoms with Gasteiger partial charge in [-0.25, -0.2) is 4.79 Å².